The molecule has 146 valence electrons. The summed E-state index contributed by atoms with van der Waals surface area (Å²) in [5, 5.41) is 20.1. The van der Waals surface area contributed by atoms with Crippen molar-refractivity contribution in [3.05, 3.63) is 51.7 Å². The van der Waals surface area contributed by atoms with E-state index in [1.165, 1.54) is 6.07 Å². The Bertz CT molecular complexity index is 904. The number of nitro groups is 1. The Kier molecular flexibility index (Phi) is 5.91. The van der Waals surface area contributed by atoms with Crippen LogP contribution in [0.2, 0.25) is 0 Å². The van der Waals surface area contributed by atoms with Gasteiger partial charge in [-0.1, -0.05) is 0 Å². The van der Waals surface area contributed by atoms with E-state index in [4.69, 9.17) is 14.7 Å². The second-order valence-electron chi connectivity index (χ2n) is 6.35. The van der Waals surface area contributed by atoms with Crippen LogP contribution in [0.4, 0.5) is 11.5 Å². The maximum atomic E-state index is 11.0. The molecule has 0 spiro atoms. The minimum Gasteiger partial charge on any atom is -0.497 e. The summed E-state index contributed by atoms with van der Waals surface area (Å²) in [5.74, 6) is 2.19. The molecule has 0 atom stereocenters. The van der Waals surface area contributed by atoms with E-state index < -0.39 is 4.92 Å². The quantitative estimate of drug-likeness (QED) is 0.552. The molecule has 0 radical (unpaired) electrons. The number of nitrogens with zero attached hydrogens (tertiary/aromatic N) is 5. The smallest absolute Gasteiger partial charge is 0.305 e. The number of rotatable bonds is 6. The molecule has 2 aromatic rings. The van der Waals surface area contributed by atoms with Crippen LogP contribution in [0.1, 0.15) is 11.3 Å². The molecule has 28 heavy (non-hydrogen) atoms. The highest BCUT2D eigenvalue weighted by Crippen LogP contribution is 2.26. The fraction of sp³-hybridized carbons (Fsp3) is 0.368. The van der Waals surface area contributed by atoms with Gasteiger partial charge in [0.15, 0.2) is 0 Å². The average Bonchev–Trinajstić information content (AvgIpc) is 2.73. The second kappa shape index (κ2) is 8.54. The Hall–Kier alpha value is -3.38. The van der Waals surface area contributed by atoms with Crippen LogP contribution >= 0.6 is 0 Å². The molecule has 1 fully saturated rings. The molecule has 0 amide bonds. The lowest BCUT2D eigenvalue weighted by Crippen LogP contribution is -2.46. The Morgan fingerprint density at radius 2 is 1.93 bits per heavy atom. The van der Waals surface area contributed by atoms with Crippen molar-refractivity contribution >= 4 is 11.5 Å². The summed E-state index contributed by atoms with van der Waals surface area (Å²) in [6, 6.07) is 10.5. The molecule has 0 N–H and O–H groups in total. The third-order valence-corrected chi connectivity index (χ3v) is 4.74. The van der Waals surface area contributed by atoms with Gasteiger partial charge in [-0.2, -0.15) is 5.26 Å². The highest BCUT2D eigenvalue weighted by molar-refractivity contribution is 5.52. The van der Waals surface area contributed by atoms with Crippen molar-refractivity contribution in [2.24, 2.45) is 0 Å². The summed E-state index contributed by atoms with van der Waals surface area (Å²) < 4.78 is 10.7. The van der Waals surface area contributed by atoms with Gasteiger partial charge in [0.2, 0.25) is 5.69 Å². The number of hydrogen-bond acceptors (Lipinski definition) is 8. The van der Waals surface area contributed by atoms with Gasteiger partial charge in [-0.15, -0.1) is 0 Å². The maximum absolute atomic E-state index is 11.0. The van der Waals surface area contributed by atoms with Crippen LogP contribution in [0.25, 0.3) is 0 Å². The van der Waals surface area contributed by atoms with Crippen molar-refractivity contribution in [3.8, 4) is 17.6 Å². The normalized spacial score (nSPS) is 14.4. The van der Waals surface area contributed by atoms with Gasteiger partial charge in [-0.3, -0.25) is 15.0 Å². The molecule has 3 rings (SSSR count). The molecule has 1 saturated heterocycles. The summed E-state index contributed by atoms with van der Waals surface area (Å²) in [6.45, 7) is 3.73. The molecule has 1 aromatic carbocycles. The number of nitriles is 1. The minimum atomic E-state index is -0.588. The zero-order valence-corrected chi connectivity index (χ0v) is 15.8. The second-order valence-corrected chi connectivity index (χ2v) is 6.35. The number of pyridine rings is 1. The highest BCUT2D eigenvalue weighted by atomic mass is 16.6. The third-order valence-electron chi connectivity index (χ3n) is 4.74. The van der Waals surface area contributed by atoms with Crippen molar-refractivity contribution in [3.63, 3.8) is 0 Å². The SMILES string of the molecule is COc1ccc(OC)c(CN2CCN(c3ccc([N+](=O)[O-])c(C#N)n3)CC2)c1. The average molecular weight is 383 g/mol. The number of benzene rings is 1. The van der Waals surface area contributed by atoms with Gasteiger partial charge in [0.05, 0.1) is 19.1 Å². The van der Waals surface area contributed by atoms with Crippen molar-refractivity contribution in [1.82, 2.24) is 9.88 Å². The van der Waals surface area contributed by atoms with Crippen LogP contribution < -0.4 is 14.4 Å². The number of aromatic nitrogens is 1. The van der Waals surface area contributed by atoms with Gasteiger partial charge in [-0.05, 0) is 24.3 Å². The van der Waals surface area contributed by atoms with E-state index in [0.717, 1.165) is 36.7 Å². The monoisotopic (exact) mass is 383 g/mol. The van der Waals surface area contributed by atoms with Crippen molar-refractivity contribution in [2.75, 3.05) is 45.3 Å². The molecular weight excluding hydrogens is 362 g/mol. The van der Waals surface area contributed by atoms with Crippen LogP contribution in [0.5, 0.6) is 11.5 Å². The summed E-state index contributed by atoms with van der Waals surface area (Å²) >= 11 is 0. The third kappa shape index (κ3) is 4.13. The van der Waals surface area contributed by atoms with Crippen LogP contribution in [0, 0.1) is 21.4 Å². The zero-order chi connectivity index (χ0) is 20.1. The standard InChI is InChI=1S/C19H21N5O4/c1-27-15-3-5-18(28-2)14(11-15)13-22-7-9-23(10-8-22)19-6-4-17(24(25)26)16(12-20)21-19/h3-6,11H,7-10,13H2,1-2H3. The predicted molar refractivity (Wildman–Crippen MR) is 103 cm³/mol. The molecule has 0 aliphatic carbocycles. The lowest BCUT2D eigenvalue weighted by atomic mass is 10.1. The lowest BCUT2D eigenvalue weighted by Gasteiger charge is -2.35. The van der Waals surface area contributed by atoms with Gasteiger partial charge in [-0.25, -0.2) is 4.98 Å². The molecular formula is C19H21N5O4. The number of ether oxygens (including phenoxy) is 2. The molecule has 1 aliphatic heterocycles. The van der Waals surface area contributed by atoms with Gasteiger partial charge in [0.1, 0.15) is 23.4 Å². The van der Waals surface area contributed by atoms with E-state index in [9.17, 15) is 10.1 Å². The Morgan fingerprint density at radius 3 is 2.54 bits per heavy atom. The van der Waals surface area contributed by atoms with Crippen molar-refractivity contribution < 1.29 is 14.4 Å². The molecule has 1 aliphatic rings. The van der Waals surface area contributed by atoms with E-state index in [1.807, 2.05) is 23.1 Å². The predicted octanol–water partition coefficient (Wildman–Crippen LogP) is 2.20. The molecule has 2 heterocycles. The zero-order valence-electron chi connectivity index (χ0n) is 15.8. The molecule has 0 saturated carbocycles. The van der Waals surface area contributed by atoms with E-state index >= 15 is 0 Å². The van der Waals surface area contributed by atoms with Crippen LogP contribution in [-0.2, 0) is 6.54 Å². The lowest BCUT2D eigenvalue weighted by molar-refractivity contribution is -0.385. The van der Waals surface area contributed by atoms with E-state index in [1.54, 1.807) is 26.4 Å². The van der Waals surface area contributed by atoms with Gasteiger partial charge in [0.25, 0.3) is 0 Å². The summed E-state index contributed by atoms with van der Waals surface area (Å²) in [5.41, 5.74) is 0.622. The van der Waals surface area contributed by atoms with Crippen molar-refractivity contribution in [2.45, 2.75) is 6.54 Å². The first-order chi connectivity index (χ1) is 13.5. The van der Waals surface area contributed by atoms with Gasteiger partial charge >= 0.3 is 5.69 Å². The molecule has 0 bridgehead atoms. The van der Waals surface area contributed by atoms with Crippen LogP contribution in [-0.4, -0.2) is 55.2 Å². The fourth-order valence-electron chi connectivity index (χ4n) is 3.23. The number of anilines is 1. The molecule has 9 nitrogen and oxygen atoms in total. The summed E-state index contributed by atoms with van der Waals surface area (Å²) in [6.07, 6.45) is 0. The Morgan fingerprint density at radius 1 is 1.18 bits per heavy atom. The summed E-state index contributed by atoms with van der Waals surface area (Å²) in [7, 11) is 3.29. The van der Waals surface area contributed by atoms with Gasteiger partial charge < -0.3 is 14.4 Å². The Balaban J connectivity index is 1.67. The van der Waals surface area contributed by atoms with E-state index in [2.05, 4.69) is 9.88 Å². The minimum absolute atomic E-state index is 0.161. The van der Waals surface area contributed by atoms with Gasteiger partial charge in [0, 0.05) is 44.4 Å². The Labute approximate surface area is 162 Å². The largest absolute Gasteiger partial charge is 0.497 e. The fourth-order valence-corrected chi connectivity index (χ4v) is 3.23. The number of methoxy groups -OCH3 is 2. The van der Waals surface area contributed by atoms with Crippen LogP contribution in [0.3, 0.4) is 0 Å². The first-order valence-corrected chi connectivity index (χ1v) is 8.79. The topological polar surface area (TPSA) is 105 Å². The molecule has 0 unspecified atom stereocenters. The van der Waals surface area contributed by atoms with Crippen LogP contribution in [0.15, 0.2) is 30.3 Å². The number of hydrogen-bond donors (Lipinski definition) is 0. The molecule has 9 heteroatoms. The molecule has 1 aromatic heterocycles. The maximum Gasteiger partial charge on any atom is 0.305 e. The number of piperazine rings is 1. The summed E-state index contributed by atoms with van der Waals surface area (Å²) in [4.78, 5) is 18.9. The van der Waals surface area contributed by atoms with E-state index in [0.29, 0.717) is 18.9 Å². The van der Waals surface area contributed by atoms with Crippen molar-refractivity contribution in [1.29, 1.82) is 5.26 Å². The first kappa shape index (κ1) is 19.4. The highest BCUT2D eigenvalue weighted by Gasteiger charge is 2.22. The van der Waals surface area contributed by atoms with E-state index in [-0.39, 0.29) is 11.4 Å². The first-order valence-electron chi connectivity index (χ1n) is 8.79.